The molecule has 0 bridgehead atoms. The molecule has 1 saturated carbocycles. The quantitative estimate of drug-likeness (QED) is 0.811. The molecule has 3 rings (SSSR count). The van der Waals surface area contributed by atoms with Crippen molar-refractivity contribution < 1.29 is 9.53 Å². The summed E-state index contributed by atoms with van der Waals surface area (Å²) in [5.74, 6) is -0.197. The van der Waals surface area contributed by atoms with E-state index in [0.717, 1.165) is 36.9 Å². The number of carbonyl (C=O) groups excluding carboxylic acids is 1. The number of benzene rings is 1. The van der Waals surface area contributed by atoms with Crippen LogP contribution in [0.3, 0.4) is 0 Å². The van der Waals surface area contributed by atoms with Gasteiger partial charge in [0.2, 0.25) is 0 Å². The highest BCUT2D eigenvalue weighted by atomic mass is 16.5. The fourth-order valence-electron chi connectivity index (χ4n) is 2.63. The Labute approximate surface area is 107 Å². The average Bonchev–Trinajstić information content (AvgIpc) is 2.69. The third-order valence-electron chi connectivity index (χ3n) is 3.65. The summed E-state index contributed by atoms with van der Waals surface area (Å²) in [5.41, 5.74) is 3.99. The first-order valence-electron chi connectivity index (χ1n) is 6.52. The Hall–Kier alpha value is -1.77. The number of aryl methyl sites for hydroxylation is 1. The highest BCUT2D eigenvalue weighted by Gasteiger charge is 2.35. The summed E-state index contributed by atoms with van der Waals surface area (Å²) in [6, 6.07) is 8.05. The molecule has 1 heterocycles. The van der Waals surface area contributed by atoms with Gasteiger partial charge in [-0.25, -0.2) is 4.79 Å². The van der Waals surface area contributed by atoms with Crippen molar-refractivity contribution in [2.24, 2.45) is 0 Å². The van der Waals surface area contributed by atoms with Gasteiger partial charge in [-0.15, -0.1) is 0 Å². The van der Waals surface area contributed by atoms with E-state index in [4.69, 9.17) is 4.74 Å². The van der Waals surface area contributed by atoms with Crippen LogP contribution < -0.4 is 5.32 Å². The van der Waals surface area contributed by atoms with Crippen molar-refractivity contribution in [3.63, 3.8) is 0 Å². The van der Waals surface area contributed by atoms with Gasteiger partial charge in [-0.05, 0) is 44.7 Å². The number of nitrogens with one attached hydrogen (secondary N) is 1. The average molecular weight is 243 g/mol. The Balaban J connectivity index is 1.86. The second-order valence-electron chi connectivity index (χ2n) is 5.03. The minimum atomic E-state index is -0.197. The van der Waals surface area contributed by atoms with Gasteiger partial charge < -0.3 is 10.1 Å². The maximum Gasteiger partial charge on any atom is 0.355 e. The van der Waals surface area contributed by atoms with Crippen molar-refractivity contribution in [2.45, 2.75) is 38.7 Å². The fourth-order valence-corrected chi connectivity index (χ4v) is 2.63. The lowest BCUT2D eigenvalue weighted by Crippen LogP contribution is -2.15. The molecule has 94 valence electrons. The highest BCUT2D eigenvalue weighted by Crippen LogP contribution is 2.34. The number of anilines is 1. The van der Waals surface area contributed by atoms with Gasteiger partial charge in [0.15, 0.2) is 0 Å². The molecule has 0 aromatic heterocycles. The predicted octanol–water partition coefficient (Wildman–Crippen LogP) is 3.16. The van der Waals surface area contributed by atoms with Crippen LogP contribution in [0.4, 0.5) is 5.69 Å². The summed E-state index contributed by atoms with van der Waals surface area (Å²) < 4.78 is 5.40. The molecule has 0 radical (unpaired) electrons. The van der Waals surface area contributed by atoms with Gasteiger partial charge in [-0.1, -0.05) is 17.7 Å². The lowest BCUT2D eigenvalue weighted by atomic mass is 9.92. The number of ether oxygens (including phenoxy) is 1. The van der Waals surface area contributed by atoms with Crippen molar-refractivity contribution in [1.29, 1.82) is 0 Å². The zero-order valence-corrected chi connectivity index (χ0v) is 10.5. The molecule has 1 aliphatic heterocycles. The van der Waals surface area contributed by atoms with E-state index in [-0.39, 0.29) is 12.1 Å². The Morgan fingerprint density at radius 1 is 1.22 bits per heavy atom. The van der Waals surface area contributed by atoms with E-state index in [1.807, 2.05) is 31.2 Å². The molecule has 1 aromatic carbocycles. The second kappa shape index (κ2) is 4.48. The molecule has 0 saturated heterocycles. The van der Waals surface area contributed by atoms with Crippen molar-refractivity contribution in [3.05, 3.63) is 41.1 Å². The molecular weight excluding hydrogens is 226 g/mol. The second-order valence-corrected chi connectivity index (χ2v) is 5.03. The van der Waals surface area contributed by atoms with Gasteiger partial charge in [0, 0.05) is 11.3 Å². The zero-order valence-electron chi connectivity index (χ0n) is 10.5. The van der Waals surface area contributed by atoms with Crippen LogP contribution in [0.1, 0.15) is 31.2 Å². The Kier molecular flexibility index (Phi) is 2.82. The number of rotatable bonds is 2. The van der Waals surface area contributed by atoms with E-state index in [1.165, 1.54) is 5.56 Å². The third kappa shape index (κ3) is 2.01. The highest BCUT2D eigenvalue weighted by molar-refractivity contribution is 5.95. The number of carbonyl (C=O) groups is 1. The summed E-state index contributed by atoms with van der Waals surface area (Å²) in [6.45, 7) is 2.05. The van der Waals surface area contributed by atoms with E-state index in [0.29, 0.717) is 5.70 Å². The van der Waals surface area contributed by atoms with Crippen LogP contribution in [-0.2, 0) is 9.53 Å². The Morgan fingerprint density at radius 2 is 2.00 bits per heavy atom. The lowest BCUT2D eigenvalue weighted by molar-refractivity contribution is -0.140. The maximum atomic E-state index is 11.9. The van der Waals surface area contributed by atoms with Gasteiger partial charge in [-0.2, -0.15) is 0 Å². The van der Waals surface area contributed by atoms with Crippen LogP contribution in [-0.4, -0.2) is 12.1 Å². The van der Waals surface area contributed by atoms with E-state index >= 15 is 0 Å². The van der Waals surface area contributed by atoms with Gasteiger partial charge in [0.1, 0.15) is 11.8 Å². The van der Waals surface area contributed by atoms with Crippen LogP contribution >= 0.6 is 0 Å². The summed E-state index contributed by atoms with van der Waals surface area (Å²) in [4.78, 5) is 11.9. The van der Waals surface area contributed by atoms with Crippen LogP contribution in [0.2, 0.25) is 0 Å². The van der Waals surface area contributed by atoms with E-state index in [2.05, 4.69) is 5.32 Å². The molecule has 2 aliphatic rings. The smallest absolute Gasteiger partial charge is 0.355 e. The topological polar surface area (TPSA) is 38.3 Å². The molecule has 1 unspecified atom stereocenters. The molecule has 1 aromatic rings. The zero-order chi connectivity index (χ0) is 12.5. The standard InChI is InChI=1S/C15H17NO2/c1-10-6-8-11(9-7-10)16-14-12-4-2-3-5-13(12)18-15(14)17/h6-9,13,16H,2-5H2,1H3. The largest absolute Gasteiger partial charge is 0.453 e. The van der Waals surface area contributed by atoms with Crippen molar-refractivity contribution in [1.82, 2.24) is 0 Å². The normalized spacial score (nSPS) is 22.7. The molecule has 18 heavy (non-hydrogen) atoms. The Bertz CT molecular complexity index is 502. The molecular formula is C15H17NO2. The summed E-state index contributed by atoms with van der Waals surface area (Å²) in [6.07, 6.45) is 4.28. The van der Waals surface area contributed by atoms with Crippen molar-refractivity contribution in [3.8, 4) is 0 Å². The molecule has 1 atom stereocenters. The first-order valence-corrected chi connectivity index (χ1v) is 6.52. The fraction of sp³-hybridized carbons (Fsp3) is 0.400. The van der Waals surface area contributed by atoms with Crippen LogP contribution in [0.5, 0.6) is 0 Å². The maximum absolute atomic E-state index is 11.9. The van der Waals surface area contributed by atoms with Gasteiger partial charge >= 0.3 is 5.97 Å². The first-order chi connectivity index (χ1) is 8.74. The molecule has 3 heteroatoms. The lowest BCUT2D eigenvalue weighted by Gasteiger charge is -2.18. The van der Waals surface area contributed by atoms with Crippen LogP contribution in [0, 0.1) is 6.92 Å². The number of esters is 1. The number of hydrogen-bond acceptors (Lipinski definition) is 3. The van der Waals surface area contributed by atoms with Gasteiger partial charge in [0.05, 0.1) is 0 Å². The summed E-state index contributed by atoms with van der Waals surface area (Å²) in [7, 11) is 0. The Morgan fingerprint density at radius 3 is 2.78 bits per heavy atom. The summed E-state index contributed by atoms with van der Waals surface area (Å²) >= 11 is 0. The van der Waals surface area contributed by atoms with Crippen LogP contribution in [0.15, 0.2) is 35.5 Å². The van der Waals surface area contributed by atoms with Crippen molar-refractivity contribution in [2.75, 3.05) is 5.32 Å². The van der Waals surface area contributed by atoms with E-state index < -0.39 is 0 Å². The molecule has 1 fully saturated rings. The molecule has 0 spiro atoms. The predicted molar refractivity (Wildman–Crippen MR) is 70.2 cm³/mol. The SMILES string of the molecule is Cc1ccc(NC2=C3CCCCC3OC2=O)cc1. The minimum Gasteiger partial charge on any atom is -0.453 e. The number of fused-ring (bicyclic) bond motifs is 1. The van der Waals surface area contributed by atoms with Crippen LogP contribution in [0.25, 0.3) is 0 Å². The van der Waals surface area contributed by atoms with E-state index in [9.17, 15) is 4.79 Å². The van der Waals surface area contributed by atoms with E-state index in [1.54, 1.807) is 0 Å². The minimum absolute atomic E-state index is 0.0270. The molecule has 3 nitrogen and oxygen atoms in total. The summed E-state index contributed by atoms with van der Waals surface area (Å²) in [5, 5.41) is 3.22. The monoisotopic (exact) mass is 243 g/mol. The van der Waals surface area contributed by atoms with Gasteiger partial charge in [0.25, 0.3) is 0 Å². The number of hydrogen-bond donors (Lipinski definition) is 1. The molecule has 0 amide bonds. The third-order valence-corrected chi connectivity index (χ3v) is 3.65. The van der Waals surface area contributed by atoms with Gasteiger partial charge in [-0.3, -0.25) is 0 Å². The molecule has 1 aliphatic carbocycles. The first kappa shape index (κ1) is 11.3. The van der Waals surface area contributed by atoms with Crippen molar-refractivity contribution >= 4 is 11.7 Å². The molecule has 1 N–H and O–H groups in total.